The molecule has 3 N–H and O–H groups in total. The summed E-state index contributed by atoms with van der Waals surface area (Å²) in [5.74, 6) is -1.81. The standard InChI is InChI=1S/C30H31BrN6O4.ClH/c1-30(33-2,29(32)40)23-17-37(27(38)19-14-34-35(3)15-19)25-8-6-5-7-24(25)36(28(23)39)16-22-21-11-10-20(31)13-18(21)9-12-26(22)41-4;/h5-15,23,33H,16-17H2,1-4H3,(H2,32,40);1H/t23-,30?;/m1./s1. The number of nitrogens with zero attached hydrogens (tertiary/aromatic N) is 4. The van der Waals surface area contributed by atoms with Gasteiger partial charge in [-0.1, -0.05) is 40.2 Å². The molecular formula is C30H32BrClN6O4. The van der Waals surface area contributed by atoms with E-state index in [2.05, 4.69) is 26.3 Å². The molecule has 0 bridgehead atoms. The van der Waals surface area contributed by atoms with Gasteiger partial charge in [0, 0.05) is 29.8 Å². The maximum Gasteiger partial charge on any atom is 0.261 e. The lowest BCUT2D eigenvalue weighted by Gasteiger charge is -2.36. The molecule has 2 atom stereocenters. The van der Waals surface area contributed by atoms with Crippen LogP contribution >= 0.6 is 28.3 Å². The zero-order valence-electron chi connectivity index (χ0n) is 23.6. The molecule has 1 aliphatic heterocycles. The van der Waals surface area contributed by atoms with Crippen molar-refractivity contribution in [2.45, 2.75) is 19.0 Å². The number of carbonyl (C=O) groups is 3. The molecule has 0 aliphatic carbocycles. The van der Waals surface area contributed by atoms with Gasteiger partial charge in [-0.05, 0) is 55.1 Å². The van der Waals surface area contributed by atoms with Gasteiger partial charge in [0.05, 0.1) is 42.7 Å². The lowest BCUT2D eigenvalue weighted by molar-refractivity contribution is -0.133. The van der Waals surface area contributed by atoms with E-state index in [0.717, 1.165) is 20.8 Å². The molecule has 4 aromatic rings. The summed E-state index contributed by atoms with van der Waals surface area (Å²) in [4.78, 5) is 44.5. The van der Waals surface area contributed by atoms with E-state index < -0.39 is 17.4 Å². The van der Waals surface area contributed by atoms with Gasteiger partial charge >= 0.3 is 0 Å². The van der Waals surface area contributed by atoms with Crippen LogP contribution in [0.4, 0.5) is 11.4 Å². The van der Waals surface area contributed by atoms with Gasteiger partial charge in [-0.3, -0.25) is 19.1 Å². The van der Waals surface area contributed by atoms with Crippen LogP contribution in [0.1, 0.15) is 22.8 Å². The third kappa shape index (κ3) is 5.35. The van der Waals surface area contributed by atoms with Crippen LogP contribution in [0, 0.1) is 5.92 Å². The molecule has 0 fully saturated rings. The van der Waals surface area contributed by atoms with Gasteiger partial charge in [0.15, 0.2) is 0 Å². The number of nitrogens with two attached hydrogens (primary N) is 1. The zero-order chi connectivity index (χ0) is 29.5. The highest BCUT2D eigenvalue weighted by atomic mass is 79.9. The summed E-state index contributed by atoms with van der Waals surface area (Å²) < 4.78 is 8.21. The Morgan fingerprint density at radius 2 is 1.88 bits per heavy atom. The van der Waals surface area contributed by atoms with E-state index in [1.54, 1.807) is 51.4 Å². The fourth-order valence-electron chi connectivity index (χ4n) is 5.39. The van der Waals surface area contributed by atoms with Crippen molar-refractivity contribution in [2.24, 2.45) is 18.7 Å². The first-order valence-electron chi connectivity index (χ1n) is 13.0. The monoisotopic (exact) mass is 654 g/mol. The normalized spacial score (nSPS) is 16.3. The Bertz CT molecular complexity index is 1680. The lowest BCUT2D eigenvalue weighted by Crippen LogP contribution is -2.63. The number of aryl methyl sites for hydroxylation is 1. The van der Waals surface area contributed by atoms with Crippen molar-refractivity contribution >= 4 is 68.2 Å². The minimum absolute atomic E-state index is 0. The lowest BCUT2D eigenvalue weighted by atomic mass is 9.83. The van der Waals surface area contributed by atoms with Crippen LogP contribution in [-0.2, 0) is 23.2 Å². The third-order valence-corrected chi connectivity index (χ3v) is 8.40. The largest absolute Gasteiger partial charge is 0.496 e. The SMILES string of the molecule is CNC(C)(C(N)=O)[C@@H]1CN(C(=O)c2cnn(C)c2)c2ccccc2N(Cc2c(OC)ccc3cc(Br)ccc23)C1=O.Cl. The van der Waals surface area contributed by atoms with Gasteiger partial charge in [-0.25, -0.2) is 0 Å². The highest BCUT2D eigenvalue weighted by Crippen LogP contribution is 2.40. The first-order valence-corrected chi connectivity index (χ1v) is 13.8. The Morgan fingerprint density at radius 3 is 2.50 bits per heavy atom. The van der Waals surface area contributed by atoms with Crippen molar-refractivity contribution in [1.82, 2.24) is 15.1 Å². The number of rotatable bonds is 7. The molecule has 220 valence electrons. The topological polar surface area (TPSA) is 123 Å². The number of aromatic nitrogens is 2. The number of likely N-dealkylation sites (N-methyl/N-ethyl adjacent to an activating group) is 1. The van der Waals surface area contributed by atoms with Crippen molar-refractivity contribution in [1.29, 1.82) is 0 Å². The molecular weight excluding hydrogens is 624 g/mol. The number of benzene rings is 3. The fraction of sp³-hybridized carbons (Fsp3) is 0.267. The molecule has 0 radical (unpaired) electrons. The highest BCUT2D eigenvalue weighted by Gasteiger charge is 2.49. The number of primary amides is 1. The van der Waals surface area contributed by atoms with E-state index in [1.807, 2.05) is 42.5 Å². The first-order chi connectivity index (χ1) is 19.6. The quantitative estimate of drug-likeness (QED) is 0.310. The van der Waals surface area contributed by atoms with Gasteiger partial charge in [-0.15, -0.1) is 12.4 Å². The second-order valence-electron chi connectivity index (χ2n) is 10.2. The van der Waals surface area contributed by atoms with Gasteiger partial charge in [-0.2, -0.15) is 5.10 Å². The molecule has 5 rings (SSSR count). The molecule has 42 heavy (non-hydrogen) atoms. The number of nitrogens with one attached hydrogen (secondary N) is 1. The summed E-state index contributed by atoms with van der Waals surface area (Å²) in [5, 5.41) is 9.00. The number of hydrogen-bond acceptors (Lipinski definition) is 6. The number of anilines is 2. The number of fused-ring (bicyclic) bond motifs is 2. The highest BCUT2D eigenvalue weighted by molar-refractivity contribution is 9.10. The van der Waals surface area contributed by atoms with Crippen molar-refractivity contribution in [3.8, 4) is 5.75 Å². The number of para-hydroxylation sites is 2. The molecule has 10 nitrogen and oxygen atoms in total. The second-order valence-corrected chi connectivity index (χ2v) is 11.1. The molecule has 0 saturated carbocycles. The van der Waals surface area contributed by atoms with Crippen molar-refractivity contribution in [3.63, 3.8) is 0 Å². The summed E-state index contributed by atoms with van der Waals surface area (Å²) in [5.41, 5.74) is 6.62. The maximum atomic E-state index is 14.6. The van der Waals surface area contributed by atoms with E-state index in [0.29, 0.717) is 22.7 Å². The predicted molar refractivity (Wildman–Crippen MR) is 168 cm³/mol. The minimum Gasteiger partial charge on any atom is -0.496 e. The molecule has 1 aliphatic rings. The Hall–Kier alpha value is -3.93. The smallest absolute Gasteiger partial charge is 0.261 e. The molecule has 2 heterocycles. The zero-order valence-corrected chi connectivity index (χ0v) is 26.0. The number of hydrogen-bond donors (Lipinski definition) is 2. The minimum atomic E-state index is -1.46. The molecule has 12 heteroatoms. The van der Waals surface area contributed by atoms with Crippen LogP contribution in [0.2, 0.25) is 0 Å². The summed E-state index contributed by atoms with van der Waals surface area (Å²) >= 11 is 3.53. The number of methoxy groups -OCH3 is 1. The Labute approximate surface area is 258 Å². The van der Waals surface area contributed by atoms with E-state index >= 15 is 0 Å². The third-order valence-electron chi connectivity index (χ3n) is 7.90. The first kappa shape index (κ1) is 31.0. The molecule has 1 unspecified atom stereocenters. The van der Waals surface area contributed by atoms with E-state index in [-0.39, 0.29) is 37.3 Å². The van der Waals surface area contributed by atoms with Crippen LogP contribution in [0.3, 0.4) is 0 Å². The number of amides is 3. The van der Waals surface area contributed by atoms with Crippen LogP contribution in [0.25, 0.3) is 10.8 Å². The van der Waals surface area contributed by atoms with Crippen LogP contribution in [-0.4, -0.2) is 53.7 Å². The molecule has 0 saturated heterocycles. The average molecular weight is 656 g/mol. The average Bonchev–Trinajstić information content (AvgIpc) is 3.36. The van der Waals surface area contributed by atoms with Gasteiger partial charge in [0.1, 0.15) is 11.3 Å². The molecule has 3 aromatic carbocycles. The molecule has 1 aromatic heterocycles. The second kappa shape index (κ2) is 12.1. The van der Waals surface area contributed by atoms with Crippen LogP contribution in [0.15, 0.2) is 71.5 Å². The molecule has 3 amide bonds. The van der Waals surface area contributed by atoms with E-state index in [1.165, 1.54) is 15.8 Å². The number of halogens is 2. The van der Waals surface area contributed by atoms with Gasteiger partial charge < -0.3 is 25.6 Å². The van der Waals surface area contributed by atoms with E-state index in [9.17, 15) is 14.4 Å². The Morgan fingerprint density at radius 1 is 1.17 bits per heavy atom. The summed E-state index contributed by atoms with van der Waals surface area (Å²) in [6, 6.07) is 17.0. The van der Waals surface area contributed by atoms with Crippen LogP contribution < -0.4 is 25.6 Å². The van der Waals surface area contributed by atoms with Crippen LogP contribution in [0.5, 0.6) is 5.75 Å². The van der Waals surface area contributed by atoms with Crippen molar-refractivity contribution < 1.29 is 19.1 Å². The maximum absolute atomic E-state index is 14.6. The van der Waals surface area contributed by atoms with Crippen molar-refractivity contribution in [2.75, 3.05) is 30.5 Å². The fourth-order valence-corrected chi connectivity index (χ4v) is 5.76. The molecule has 0 spiro atoms. The predicted octanol–water partition coefficient (Wildman–Crippen LogP) is 4.04. The van der Waals surface area contributed by atoms with E-state index in [4.69, 9.17) is 10.5 Å². The van der Waals surface area contributed by atoms with Gasteiger partial charge in [0.25, 0.3) is 5.91 Å². The Balaban J connectivity index is 0.00000405. The van der Waals surface area contributed by atoms with Crippen molar-refractivity contribution in [3.05, 3.63) is 82.6 Å². The Kier molecular flexibility index (Phi) is 8.95. The number of ether oxygens (including phenoxy) is 1. The summed E-state index contributed by atoms with van der Waals surface area (Å²) in [6.45, 7) is 1.64. The summed E-state index contributed by atoms with van der Waals surface area (Å²) in [7, 11) is 4.89. The number of carbonyl (C=O) groups excluding carboxylic acids is 3. The summed E-state index contributed by atoms with van der Waals surface area (Å²) in [6.07, 6.45) is 3.10. The van der Waals surface area contributed by atoms with Gasteiger partial charge in [0.2, 0.25) is 11.8 Å².